The molecule has 0 aromatic heterocycles. The number of aryl methyl sites for hydroxylation is 2. The average molecular weight is 477 g/mol. The van der Waals surface area contributed by atoms with E-state index in [4.69, 9.17) is 9.47 Å². The van der Waals surface area contributed by atoms with Crippen molar-refractivity contribution in [2.24, 2.45) is 0 Å². The highest BCUT2D eigenvalue weighted by atomic mass is 31.2. The summed E-state index contributed by atoms with van der Waals surface area (Å²) in [6, 6.07) is 21.5. The maximum absolute atomic E-state index is 14.4. The highest BCUT2D eigenvalue weighted by Crippen LogP contribution is 2.48. The maximum Gasteiger partial charge on any atom is 0.330 e. The van der Waals surface area contributed by atoms with E-state index in [-0.39, 0.29) is 5.52 Å². The number of carbonyl (C=O) groups excluding carboxylic acids is 2. The summed E-state index contributed by atoms with van der Waals surface area (Å²) in [5.41, 5.74) is 1.51. The van der Waals surface area contributed by atoms with E-state index >= 15 is 0 Å². The van der Waals surface area contributed by atoms with Gasteiger partial charge >= 0.3 is 5.97 Å². The smallest absolute Gasteiger partial charge is 0.330 e. The van der Waals surface area contributed by atoms with Gasteiger partial charge in [-0.3, -0.25) is 4.79 Å². The van der Waals surface area contributed by atoms with Gasteiger partial charge in [-0.15, -0.1) is 0 Å². The first-order chi connectivity index (χ1) is 16.4. The largest absolute Gasteiger partial charge is 0.494 e. The van der Waals surface area contributed by atoms with Gasteiger partial charge in [0.1, 0.15) is 5.75 Å². The molecule has 0 saturated carbocycles. The van der Waals surface area contributed by atoms with Gasteiger partial charge in [-0.05, 0) is 49.9 Å². The zero-order valence-electron chi connectivity index (χ0n) is 19.5. The van der Waals surface area contributed by atoms with Crippen molar-refractivity contribution in [3.05, 3.63) is 102 Å². The Bertz CT molecular complexity index is 1140. The van der Waals surface area contributed by atoms with Crippen LogP contribution < -0.4 is 15.3 Å². The molecule has 176 valence electrons. The third-order valence-corrected chi connectivity index (χ3v) is 8.31. The second-order valence-corrected chi connectivity index (χ2v) is 10.6. The highest BCUT2D eigenvalue weighted by Gasteiger charge is 2.38. The molecule has 0 fully saturated rings. The van der Waals surface area contributed by atoms with Crippen molar-refractivity contribution in [3.8, 4) is 5.75 Å². The van der Waals surface area contributed by atoms with Crippen molar-refractivity contribution < 1.29 is 23.6 Å². The summed E-state index contributed by atoms with van der Waals surface area (Å²) < 4.78 is 25.2. The van der Waals surface area contributed by atoms with Crippen LogP contribution in [-0.2, 0) is 14.1 Å². The second kappa shape index (κ2) is 11.6. The lowest BCUT2D eigenvalue weighted by molar-refractivity contribution is -0.137. The third kappa shape index (κ3) is 5.73. The number of ether oxygens (including phenoxy) is 2. The molecule has 34 heavy (non-hydrogen) atoms. The van der Waals surface area contributed by atoms with Crippen LogP contribution >= 0.6 is 7.14 Å². The van der Waals surface area contributed by atoms with Gasteiger partial charge in [0.2, 0.25) is 12.7 Å². The minimum Gasteiger partial charge on any atom is -0.494 e. The van der Waals surface area contributed by atoms with E-state index in [1.54, 1.807) is 60.7 Å². The van der Waals surface area contributed by atoms with Crippen LogP contribution in [0.15, 0.2) is 85.5 Å². The van der Waals surface area contributed by atoms with Gasteiger partial charge in [-0.1, -0.05) is 67.2 Å². The van der Waals surface area contributed by atoms with Crippen molar-refractivity contribution in [3.63, 3.8) is 0 Å². The summed E-state index contributed by atoms with van der Waals surface area (Å²) in [5.74, 6) is 0.208. The molecule has 3 rings (SSSR count). The SMILES string of the molecule is C=CC(=O)OCCCCOc1cc(C)c(C(=O)P(=O)(c2ccccc2)c2ccccc2)c(C)c1. The Morgan fingerprint density at radius 1 is 0.853 bits per heavy atom. The van der Waals surface area contributed by atoms with Crippen LogP contribution in [0.3, 0.4) is 0 Å². The predicted molar refractivity (Wildman–Crippen MR) is 136 cm³/mol. The summed E-state index contributed by atoms with van der Waals surface area (Å²) in [7, 11) is -3.58. The third-order valence-electron chi connectivity index (χ3n) is 5.46. The molecule has 5 nitrogen and oxygen atoms in total. The standard InChI is InChI=1S/C28H29O5P/c1-4-26(29)33-18-12-11-17-32-23-19-21(2)27(22(3)20-23)28(30)34(31,24-13-7-5-8-14-24)25-15-9-6-10-16-25/h4-10,13-16,19-20H,1,11-12,17-18H2,2-3H3. The van der Waals surface area contributed by atoms with Gasteiger partial charge in [0.25, 0.3) is 0 Å². The van der Waals surface area contributed by atoms with Crippen molar-refractivity contribution >= 4 is 29.2 Å². The molecule has 0 saturated heterocycles. The van der Waals surface area contributed by atoms with E-state index in [1.807, 2.05) is 26.0 Å². The Morgan fingerprint density at radius 2 is 1.35 bits per heavy atom. The monoisotopic (exact) mass is 476 g/mol. The maximum atomic E-state index is 14.4. The highest BCUT2D eigenvalue weighted by molar-refractivity contribution is 7.93. The topological polar surface area (TPSA) is 69.7 Å². The molecular weight excluding hydrogens is 447 g/mol. The molecule has 0 aliphatic heterocycles. The number of unbranched alkanes of at least 4 members (excludes halogenated alkanes) is 1. The van der Waals surface area contributed by atoms with E-state index in [1.165, 1.54) is 0 Å². The Kier molecular flexibility index (Phi) is 8.61. The number of rotatable bonds is 11. The zero-order valence-corrected chi connectivity index (χ0v) is 20.4. The summed E-state index contributed by atoms with van der Waals surface area (Å²) in [4.78, 5) is 24.9. The van der Waals surface area contributed by atoms with Gasteiger partial charge in [0.05, 0.1) is 13.2 Å². The summed E-state index contributed by atoms with van der Waals surface area (Å²) in [6.45, 7) is 7.79. The Balaban J connectivity index is 1.82. The lowest BCUT2D eigenvalue weighted by Gasteiger charge is -2.21. The Morgan fingerprint density at radius 3 is 1.85 bits per heavy atom. The summed E-state index contributed by atoms with van der Waals surface area (Å²) in [6.07, 6.45) is 2.52. The Hall–Kier alpha value is -3.43. The van der Waals surface area contributed by atoms with Gasteiger partial charge in [0, 0.05) is 22.2 Å². The van der Waals surface area contributed by atoms with E-state index in [2.05, 4.69) is 6.58 Å². The molecule has 0 spiro atoms. The fraction of sp³-hybridized carbons (Fsp3) is 0.214. The molecule has 0 radical (unpaired) electrons. The molecule has 0 unspecified atom stereocenters. The molecule has 0 atom stereocenters. The van der Waals surface area contributed by atoms with E-state index in [0.717, 1.165) is 6.08 Å². The quantitative estimate of drug-likeness (QED) is 0.162. The second-order valence-electron chi connectivity index (χ2n) is 7.94. The normalized spacial score (nSPS) is 11.0. The number of carbonyl (C=O) groups is 2. The lowest BCUT2D eigenvalue weighted by atomic mass is 10.0. The van der Waals surface area contributed by atoms with E-state index in [0.29, 0.717) is 59.1 Å². The van der Waals surface area contributed by atoms with Crippen LogP contribution in [0, 0.1) is 13.8 Å². The number of hydrogen-bond donors (Lipinski definition) is 0. The number of esters is 1. The first kappa shape index (κ1) is 25.2. The molecule has 0 heterocycles. The summed E-state index contributed by atoms with van der Waals surface area (Å²) >= 11 is 0. The average Bonchev–Trinajstić information content (AvgIpc) is 2.86. The lowest BCUT2D eigenvalue weighted by Crippen LogP contribution is -2.23. The Labute approximate surface area is 200 Å². The van der Waals surface area contributed by atoms with E-state index < -0.39 is 13.1 Å². The molecule has 0 bridgehead atoms. The van der Waals surface area contributed by atoms with Crippen LogP contribution in [0.2, 0.25) is 0 Å². The van der Waals surface area contributed by atoms with Gasteiger partial charge < -0.3 is 14.0 Å². The minimum atomic E-state index is -3.58. The first-order valence-electron chi connectivity index (χ1n) is 11.2. The fourth-order valence-electron chi connectivity index (χ4n) is 3.79. The van der Waals surface area contributed by atoms with Gasteiger partial charge in [-0.25, -0.2) is 4.79 Å². The van der Waals surface area contributed by atoms with Crippen molar-refractivity contribution in [2.45, 2.75) is 26.7 Å². The molecule has 0 N–H and O–H groups in total. The van der Waals surface area contributed by atoms with Crippen LogP contribution in [-0.4, -0.2) is 24.7 Å². The summed E-state index contributed by atoms with van der Waals surface area (Å²) in [5, 5.41) is 1.03. The molecular formula is C28H29O5P. The molecule has 0 aliphatic rings. The fourth-order valence-corrected chi connectivity index (χ4v) is 6.41. The number of hydrogen-bond acceptors (Lipinski definition) is 5. The molecule has 0 aliphatic carbocycles. The molecule has 6 heteroatoms. The predicted octanol–water partition coefficient (Wildman–Crippen LogP) is 5.35. The van der Waals surface area contributed by atoms with Crippen LogP contribution in [0.25, 0.3) is 0 Å². The van der Waals surface area contributed by atoms with Crippen LogP contribution in [0.4, 0.5) is 0 Å². The molecule has 0 amide bonds. The van der Waals surface area contributed by atoms with E-state index in [9.17, 15) is 14.2 Å². The zero-order chi connectivity index (χ0) is 24.6. The van der Waals surface area contributed by atoms with Crippen molar-refractivity contribution in [1.29, 1.82) is 0 Å². The van der Waals surface area contributed by atoms with Crippen molar-refractivity contribution in [2.75, 3.05) is 13.2 Å². The number of benzene rings is 3. The van der Waals surface area contributed by atoms with Crippen LogP contribution in [0.5, 0.6) is 5.75 Å². The van der Waals surface area contributed by atoms with Gasteiger partial charge in [-0.2, -0.15) is 0 Å². The minimum absolute atomic E-state index is 0.313. The van der Waals surface area contributed by atoms with Crippen molar-refractivity contribution in [1.82, 2.24) is 0 Å². The van der Waals surface area contributed by atoms with Crippen LogP contribution in [0.1, 0.15) is 34.3 Å². The first-order valence-corrected chi connectivity index (χ1v) is 12.9. The molecule has 3 aromatic rings. The van der Waals surface area contributed by atoms with Gasteiger partial charge in [0.15, 0.2) is 0 Å². The molecule has 3 aromatic carbocycles.